The maximum absolute atomic E-state index is 10.9. The van der Waals surface area contributed by atoms with Crippen LogP contribution >= 0.6 is 0 Å². The van der Waals surface area contributed by atoms with E-state index in [4.69, 9.17) is 5.11 Å². The van der Waals surface area contributed by atoms with Crippen molar-refractivity contribution in [3.8, 4) is 0 Å². The van der Waals surface area contributed by atoms with E-state index in [-0.39, 0.29) is 5.56 Å². The third-order valence-electron chi connectivity index (χ3n) is 2.36. The van der Waals surface area contributed by atoms with Gasteiger partial charge in [0.1, 0.15) is 17.7 Å². The molecule has 2 rings (SSSR count). The van der Waals surface area contributed by atoms with Gasteiger partial charge in [0.05, 0.1) is 0 Å². The number of anilines is 1. The number of aromatic carboxylic acids is 1. The minimum Gasteiger partial charge on any atom is -0.477 e. The van der Waals surface area contributed by atoms with Gasteiger partial charge in [0, 0.05) is 31.7 Å². The molecule has 94 valence electrons. The largest absolute Gasteiger partial charge is 0.477 e. The van der Waals surface area contributed by atoms with E-state index in [0.29, 0.717) is 12.4 Å². The summed E-state index contributed by atoms with van der Waals surface area (Å²) in [7, 11) is 0. The van der Waals surface area contributed by atoms with Crippen molar-refractivity contribution >= 4 is 11.8 Å². The summed E-state index contributed by atoms with van der Waals surface area (Å²) in [6, 6.07) is 1.86. The number of carbonyl (C=O) groups is 1. The Morgan fingerprint density at radius 1 is 1.50 bits per heavy atom. The van der Waals surface area contributed by atoms with E-state index in [1.165, 1.54) is 12.5 Å². The number of hydrogen-bond acceptors (Lipinski definition) is 5. The summed E-state index contributed by atoms with van der Waals surface area (Å²) in [6.45, 7) is 1.39. The molecule has 7 heteroatoms. The molecule has 2 heterocycles. The number of carboxylic acid groups (broad SMARTS) is 1. The second-order valence-corrected chi connectivity index (χ2v) is 3.64. The normalized spacial score (nSPS) is 10.2. The van der Waals surface area contributed by atoms with Crippen molar-refractivity contribution < 1.29 is 9.90 Å². The van der Waals surface area contributed by atoms with Crippen molar-refractivity contribution in [2.75, 3.05) is 11.9 Å². The van der Waals surface area contributed by atoms with Crippen molar-refractivity contribution in [1.29, 1.82) is 0 Å². The first-order valence-corrected chi connectivity index (χ1v) is 5.52. The maximum atomic E-state index is 10.9. The molecule has 0 aliphatic carbocycles. The molecule has 0 saturated carbocycles. The van der Waals surface area contributed by atoms with Gasteiger partial charge in [-0.3, -0.25) is 4.68 Å². The molecule has 0 spiro atoms. The maximum Gasteiger partial charge on any atom is 0.341 e. The van der Waals surface area contributed by atoms with Gasteiger partial charge in [0.25, 0.3) is 0 Å². The Morgan fingerprint density at radius 3 is 3.11 bits per heavy atom. The zero-order valence-corrected chi connectivity index (χ0v) is 9.65. The lowest BCUT2D eigenvalue weighted by Crippen LogP contribution is -2.12. The molecular weight excluding hydrogens is 234 g/mol. The highest BCUT2D eigenvalue weighted by Crippen LogP contribution is 2.09. The van der Waals surface area contributed by atoms with Crippen LogP contribution < -0.4 is 5.32 Å². The predicted octanol–water partition coefficient (Wildman–Crippen LogP) is 0.873. The quantitative estimate of drug-likeness (QED) is 0.736. The third-order valence-corrected chi connectivity index (χ3v) is 2.36. The number of aryl methyl sites for hydroxylation is 1. The van der Waals surface area contributed by atoms with Gasteiger partial charge in [-0.1, -0.05) is 0 Å². The first-order valence-electron chi connectivity index (χ1n) is 5.52. The minimum absolute atomic E-state index is 0.0802. The molecule has 2 N–H and O–H groups in total. The Balaban J connectivity index is 1.85. The molecule has 0 fully saturated rings. The fourth-order valence-electron chi connectivity index (χ4n) is 1.51. The number of rotatable bonds is 6. The van der Waals surface area contributed by atoms with Gasteiger partial charge in [-0.25, -0.2) is 14.8 Å². The van der Waals surface area contributed by atoms with Gasteiger partial charge in [-0.05, 0) is 12.5 Å². The minimum atomic E-state index is -1.04. The predicted molar refractivity (Wildman–Crippen MR) is 64.3 cm³/mol. The highest BCUT2D eigenvalue weighted by Gasteiger charge is 2.10. The second kappa shape index (κ2) is 5.76. The molecule has 0 atom stereocenters. The Bertz CT molecular complexity index is 512. The highest BCUT2D eigenvalue weighted by atomic mass is 16.4. The average molecular weight is 247 g/mol. The van der Waals surface area contributed by atoms with Crippen LogP contribution in [0.4, 0.5) is 5.82 Å². The van der Waals surface area contributed by atoms with Crippen LogP contribution in [0.25, 0.3) is 0 Å². The Labute approximate surface area is 104 Å². The van der Waals surface area contributed by atoms with Crippen LogP contribution in [0.15, 0.2) is 31.0 Å². The van der Waals surface area contributed by atoms with Crippen LogP contribution in [-0.2, 0) is 6.54 Å². The Kier molecular flexibility index (Phi) is 3.85. The Morgan fingerprint density at radius 2 is 2.39 bits per heavy atom. The zero-order valence-electron chi connectivity index (χ0n) is 9.65. The molecular formula is C11H13N5O2. The van der Waals surface area contributed by atoms with Gasteiger partial charge in [-0.15, -0.1) is 0 Å². The number of carboxylic acids is 1. The first kappa shape index (κ1) is 12.0. The average Bonchev–Trinajstić information content (AvgIpc) is 2.88. The number of hydrogen-bond donors (Lipinski definition) is 2. The van der Waals surface area contributed by atoms with Crippen molar-refractivity contribution in [2.24, 2.45) is 0 Å². The second-order valence-electron chi connectivity index (χ2n) is 3.64. The molecule has 18 heavy (non-hydrogen) atoms. The molecule has 2 aromatic heterocycles. The lowest BCUT2D eigenvalue weighted by molar-refractivity contribution is 0.0697. The number of nitrogens with zero attached hydrogens (tertiary/aromatic N) is 4. The van der Waals surface area contributed by atoms with Crippen molar-refractivity contribution in [1.82, 2.24) is 19.7 Å². The van der Waals surface area contributed by atoms with Crippen molar-refractivity contribution in [2.45, 2.75) is 13.0 Å². The molecule has 2 aromatic rings. The molecule has 0 saturated heterocycles. The summed E-state index contributed by atoms with van der Waals surface area (Å²) in [4.78, 5) is 18.5. The smallest absolute Gasteiger partial charge is 0.341 e. The molecule has 0 aliphatic heterocycles. The molecule has 7 nitrogen and oxygen atoms in total. The van der Waals surface area contributed by atoms with Crippen LogP contribution in [0.3, 0.4) is 0 Å². The van der Waals surface area contributed by atoms with Gasteiger partial charge < -0.3 is 10.4 Å². The fourth-order valence-corrected chi connectivity index (χ4v) is 1.51. The molecule has 0 radical (unpaired) electrons. The van der Waals surface area contributed by atoms with E-state index < -0.39 is 5.97 Å². The molecule has 0 unspecified atom stereocenters. The summed E-state index contributed by atoms with van der Waals surface area (Å²) in [6.07, 6.45) is 7.03. The van der Waals surface area contributed by atoms with E-state index in [9.17, 15) is 4.79 Å². The lowest BCUT2D eigenvalue weighted by Gasteiger charge is -2.07. The summed E-state index contributed by atoms with van der Waals surface area (Å²) < 4.78 is 1.82. The summed E-state index contributed by atoms with van der Waals surface area (Å²) in [5.41, 5.74) is 0.0802. The van der Waals surface area contributed by atoms with Gasteiger partial charge in [0.2, 0.25) is 0 Å². The van der Waals surface area contributed by atoms with E-state index in [1.807, 2.05) is 16.9 Å². The molecule has 0 bridgehead atoms. The lowest BCUT2D eigenvalue weighted by atomic mass is 10.3. The molecule has 0 aliphatic rings. The highest BCUT2D eigenvalue weighted by molar-refractivity contribution is 5.92. The van der Waals surface area contributed by atoms with E-state index in [1.54, 1.807) is 6.20 Å². The van der Waals surface area contributed by atoms with E-state index >= 15 is 0 Å². The molecule has 0 amide bonds. The van der Waals surface area contributed by atoms with Crippen LogP contribution in [0, 0.1) is 0 Å². The third kappa shape index (κ3) is 3.03. The van der Waals surface area contributed by atoms with Gasteiger partial charge >= 0.3 is 5.97 Å². The topological polar surface area (TPSA) is 92.9 Å². The first-order chi connectivity index (χ1) is 8.77. The Hall–Kier alpha value is -2.44. The van der Waals surface area contributed by atoms with Crippen LogP contribution in [0.1, 0.15) is 16.8 Å². The van der Waals surface area contributed by atoms with Gasteiger partial charge in [-0.2, -0.15) is 5.10 Å². The van der Waals surface area contributed by atoms with Gasteiger partial charge in [0.15, 0.2) is 0 Å². The zero-order chi connectivity index (χ0) is 12.8. The van der Waals surface area contributed by atoms with Crippen LogP contribution in [0.2, 0.25) is 0 Å². The van der Waals surface area contributed by atoms with E-state index in [0.717, 1.165) is 13.0 Å². The number of nitrogens with one attached hydrogen (secondary N) is 1. The summed E-state index contributed by atoms with van der Waals surface area (Å²) in [5.74, 6) is -0.692. The molecule has 0 aromatic carbocycles. The van der Waals surface area contributed by atoms with Crippen molar-refractivity contribution in [3.63, 3.8) is 0 Å². The summed E-state index contributed by atoms with van der Waals surface area (Å²) >= 11 is 0. The fraction of sp³-hybridized carbons (Fsp3) is 0.273. The SMILES string of the molecule is O=C(O)c1cncnc1NCCCn1cccn1. The van der Waals surface area contributed by atoms with Crippen LogP contribution in [0.5, 0.6) is 0 Å². The van der Waals surface area contributed by atoms with E-state index in [2.05, 4.69) is 20.4 Å². The standard InChI is InChI=1S/C11H13N5O2/c17-11(18)9-7-12-8-14-10(9)13-3-1-5-16-6-2-4-15-16/h2,4,6-8H,1,3,5H2,(H,17,18)(H,12,13,14). The monoisotopic (exact) mass is 247 g/mol. The van der Waals surface area contributed by atoms with Crippen LogP contribution in [-0.4, -0.2) is 37.4 Å². The van der Waals surface area contributed by atoms with Crippen molar-refractivity contribution in [3.05, 3.63) is 36.5 Å². The number of aromatic nitrogens is 4. The summed E-state index contributed by atoms with van der Waals surface area (Å²) in [5, 5.41) is 16.0.